The van der Waals surface area contributed by atoms with Crippen LogP contribution >= 0.6 is 0 Å². The summed E-state index contributed by atoms with van der Waals surface area (Å²) in [6.07, 6.45) is 1.72. The second-order valence-electron chi connectivity index (χ2n) is 10.1. The van der Waals surface area contributed by atoms with Crippen LogP contribution in [0.4, 0.5) is 0 Å². The van der Waals surface area contributed by atoms with Crippen molar-refractivity contribution in [3.8, 4) is 5.75 Å². The average molecular weight is 530 g/mol. The second-order valence-corrected chi connectivity index (χ2v) is 12.0. The molecule has 0 spiro atoms. The van der Waals surface area contributed by atoms with E-state index in [9.17, 15) is 13.2 Å². The first-order valence-corrected chi connectivity index (χ1v) is 14.4. The van der Waals surface area contributed by atoms with Gasteiger partial charge < -0.3 is 14.8 Å². The lowest BCUT2D eigenvalue weighted by atomic mass is 10.0. The topological polar surface area (TPSA) is 88.2 Å². The molecule has 202 valence electrons. The third kappa shape index (κ3) is 6.17. The summed E-state index contributed by atoms with van der Waals surface area (Å²) >= 11 is 0. The van der Waals surface area contributed by atoms with Crippen LogP contribution in [0.2, 0.25) is 0 Å². The number of likely N-dealkylation sites (N-methyl/N-ethyl adjacent to an activating group) is 1. The number of rotatable bonds is 10. The van der Waals surface area contributed by atoms with E-state index in [1.54, 1.807) is 44.4 Å². The van der Waals surface area contributed by atoms with Crippen molar-refractivity contribution < 1.29 is 22.7 Å². The van der Waals surface area contributed by atoms with Crippen LogP contribution in [0.1, 0.15) is 36.0 Å². The zero-order valence-electron chi connectivity index (χ0n) is 22.3. The van der Waals surface area contributed by atoms with Gasteiger partial charge in [0, 0.05) is 38.6 Å². The van der Waals surface area contributed by atoms with E-state index in [4.69, 9.17) is 9.47 Å². The number of sulfonamides is 1. The summed E-state index contributed by atoms with van der Waals surface area (Å²) < 4.78 is 40.6. The Labute approximate surface area is 221 Å². The Morgan fingerprint density at radius 1 is 1.11 bits per heavy atom. The number of nitrogens with zero attached hydrogens (tertiary/aromatic N) is 2. The summed E-state index contributed by atoms with van der Waals surface area (Å²) in [7, 11) is -0.526. The minimum Gasteiger partial charge on any atom is -0.497 e. The number of ether oxygens (including phenoxy) is 2. The normalized spacial score (nSPS) is 21.7. The molecule has 2 heterocycles. The molecule has 2 unspecified atom stereocenters. The van der Waals surface area contributed by atoms with Crippen LogP contribution in [0.5, 0.6) is 5.75 Å². The number of carbonyl (C=O) groups excluding carboxylic acids is 1. The van der Waals surface area contributed by atoms with E-state index in [0.29, 0.717) is 34.7 Å². The van der Waals surface area contributed by atoms with Crippen molar-refractivity contribution in [3.05, 3.63) is 59.2 Å². The largest absolute Gasteiger partial charge is 0.497 e. The molecule has 0 saturated carbocycles. The fraction of sp³-hybridized carbons (Fsp3) is 0.536. The van der Waals surface area contributed by atoms with Gasteiger partial charge in [0.1, 0.15) is 11.9 Å². The summed E-state index contributed by atoms with van der Waals surface area (Å²) in [6, 6.07) is 13.5. The number of likely N-dealkylation sites (tertiary alicyclic amines) is 1. The summed E-state index contributed by atoms with van der Waals surface area (Å²) in [5.41, 5.74) is 2.57. The van der Waals surface area contributed by atoms with Gasteiger partial charge in [-0.05, 0) is 68.5 Å². The highest BCUT2D eigenvalue weighted by atomic mass is 32.2. The standard InChI is InChI=1S/C28H39N3O5S/c1-20-15-25(35-4)16-21(2)27(20)37(33,34)31-13-8-11-24(31)19-36-26(28(32)29-3)23-12-14-30(18-23)17-22-9-6-5-7-10-22/h5-7,9-10,15-16,23-24,26H,8,11-14,17-19H2,1-4H3,(H,29,32)/t23-,24?,26?/m0/s1. The van der Waals surface area contributed by atoms with Crippen molar-refractivity contribution in [1.82, 2.24) is 14.5 Å². The molecule has 0 aliphatic carbocycles. The number of nitrogens with one attached hydrogen (secondary N) is 1. The first-order chi connectivity index (χ1) is 17.7. The molecular weight excluding hydrogens is 490 g/mol. The molecule has 37 heavy (non-hydrogen) atoms. The van der Waals surface area contributed by atoms with Crippen LogP contribution in [0.25, 0.3) is 0 Å². The summed E-state index contributed by atoms with van der Waals surface area (Å²) in [5, 5.41) is 2.75. The first kappa shape index (κ1) is 27.6. The highest BCUT2D eigenvalue weighted by Gasteiger charge is 2.40. The van der Waals surface area contributed by atoms with Crippen molar-refractivity contribution >= 4 is 15.9 Å². The summed E-state index contributed by atoms with van der Waals surface area (Å²) in [6.45, 7) is 6.74. The molecule has 4 rings (SSSR count). The van der Waals surface area contributed by atoms with Gasteiger partial charge in [-0.1, -0.05) is 30.3 Å². The van der Waals surface area contributed by atoms with Gasteiger partial charge >= 0.3 is 0 Å². The lowest BCUT2D eigenvalue weighted by Gasteiger charge is -2.29. The molecule has 0 bridgehead atoms. The molecule has 8 nitrogen and oxygen atoms in total. The Hall–Kier alpha value is -2.46. The quantitative estimate of drug-likeness (QED) is 0.509. The Kier molecular flexibility index (Phi) is 8.90. The van der Waals surface area contributed by atoms with Gasteiger partial charge in [0.05, 0.1) is 18.6 Å². The van der Waals surface area contributed by atoms with E-state index in [1.165, 1.54) is 5.56 Å². The summed E-state index contributed by atoms with van der Waals surface area (Å²) in [5.74, 6) is 0.545. The molecular formula is C28H39N3O5S. The highest BCUT2D eigenvalue weighted by molar-refractivity contribution is 7.89. The van der Waals surface area contributed by atoms with Crippen LogP contribution in [0.3, 0.4) is 0 Å². The molecule has 3 atom stereocenters. The predicted octanol–water partition coefficient (Wildman–Crippen LogP) is 3.12. The van der Waals surface area contributed by atoms with Crippen LogP contribution in [-0.4, -0.2) is 76.1 Å². The molecule has 9 heteroatoms. The van der Waals surface area contributed by atoms with Crippen molar-refractivity contribution in [2.24, 2.45) is 5.92 Å². The number of hydrogen-bond acceptors (Lipinski definition) is 6. The molecule has 0 radical (unpaired) electrons. The van der Waals surface area contributed by atoms with Crippen LogP contribution < -0.4 is 10.1 Å². The van der Waals surface area contributed by atoms with Gasteiger partial charge in [-0.25, -0.2) is 8.42 Å². The molecule has 2 aliphatic heterocycles. The van der Waals surface area contributed by atoms with E-state index in [1.807, 2.05) is 18.2 Å². The van der Waals surface area contributed by atoms with E-state index >= 15 is 0 Å². The molecule has 2 aromatic carbocycles. The first-order valence-electron chi connectivity index (χ1n) is 13.0. The van der Waals surface area contributed by atoms with E-state index < -0.39 is 16.1 Å². The molecule has 2 aromatic rings. The van der Waals surface area contributed by atoms with Crippen molar-refractivity contribution in [2.75, 3.05) is 40.4 Å². The lowest BCUT2D eigenvalue weighted by Crippen LogP contribution is -2.45. The summed E-state index contributed by atoms with van der Waals surface area (Å²) in [4.78, 5) is 15.5. The Morgan fingerprint density at radius 3 is 2.46 bits per heavy atom. The van der Waals surface area contributed by atoms with Crippen molar-refractivity contribution in [3.63, 3.8) is 0 Å². The number of carbonyl (C=O) groups is 1. The number of benzene rings is 2. The lowest BCUT2D eigenvalue weighted by molar-refractivity contribution is -0.136. The van der Waals surface area contributed by atoms with E-state index in [0.717, 1.165) is 32.5 Å². The van der Waals surface area contributed by atoms with Gasteiger partial charge in [0.2, 0.25) is 15.9 Å². The zero-order chi connectivity index (χ0) is 26.6. The molecule has 0 aromatic heterocycles. The van der Waals surface area contributed by atoms with Crippen molar-refractivity contribution in [1.29, 1.82) is 0 Å². The van der Waals surface area contributed by atoms with Gasteiger partial charge in [-0.3, -0.25) is 9.69 Å². The average Bonchev–Trinajstić information content (AvgIpc) is 3.54. The van der Waals surface area contributed by atoms with E-state index in [2.05, 4.69) is 22.3 Å². The highest BCUT2D eigenvalue weighted by Crippen LogP contribution is 2.33. The SMILES string of the molecule is CNC(=O)C(OCC1CCCN1S(=O)(=O)c1c(C)cc(OC)cc1C)[C@H]1CCN(Cc2ccccc2)C1. The molecule has 2 fully saturated rings. The Balaban J connectivity index is 1.45. The Morgan fingerprint density at radius 2 is 1.81 bits per heavy atom. The predicted molar refractivity (Wildman–Crippen MR) is 143 cm³/mol. The minimum absolute atomic E-state index is 0.0567. The molecule has 1 amide bonds. The van der Waals surface area contributed by atoms with Crippen molar-refractivity contribution in [2.45, 2.75) is 56.7 Å². The minimum atomic E-state index is -3.72. The molecule has 2 saturated heterocycles. The van der Waals surface area contributed by atoms with Crippen LogP contribution in [0, 0.1) is 19.8 Å². The fourth-order valence-corrected chi connectivity index (χ4v) is 7.82. The number of aryl methyl sites for hydroxylation is 2. The number of methoxy groups -OCH3 is 1. The zero-order valence-corrected chi connectivity index (χ0v) is 23.1. The Bertz CT molecular complexity index is 1160. The molecule has 2 aliphatic rings. The van der Waals surface area contributed by atoms with E-state index in [-0.39, 0.29) is 24.5 Å². The molecule has 1 N–H and O–H groups in total. The maximum Gasteiger partial charge on any atom is 0.249 e. The third-order valence-corrected chi connectivity index (χ3v) is 9.78. The van der Waals surface area contributed by atoms with Gasteiger partial charge in [-0.2, -0.15) is 4.31 Å². The maximum absolute atomic E-state index is 13.7. The van der Waals surface area contributed by atoms with Gasteiger partial charge in [-0.15, -0.1) is 0 Å². The fourth-order valence-electron chi connectivity index (χ4n) is 5.72. The monoisotopic (exact) mass is 529 g/mol. The number of amides is 1. The van der Waals surface area contributed by atoms with Crippen LogP contribution in [-0.2, 0) is 26.1 Å². The third-order valence-electron chi connectivity index (χ3n) is 7.52. The smallest absolute Gasteiger partial charge is 0.249 e. The number of hydrogen-bond donors (Lipinski definition) is 1. The van der Waals surface area contributed by atoms with Crippen LogP contribution in [0.15, 0.2) is 47.4 Å². The van der Waals surface area contributed by atoms with Gasteiger partial charge in [0.15, 0.2) is 0 Å². The second kappa shape index (κ2) is 11.9. The van der Waals surface area contributed by atoms with Gasteiger partial charge in [0.25, 0.3) is 0 Å². The maximum atomic E-state index is 13.7.